The molecule has 0 aliphatic carbocycles. The van der Waals surface area contributed by atoms with Crippen LogP contribution < -0.4 is 10.6 Å². The van der Waals surface area contributed by atoms with Crippen molar-refractivity contribution in [1.82, 2.24) is 15.6 Å². The molecule has 1 unspecified atom stereocenters. The molecule has 5 nitrogen and oxygen atoms in total. The number of methoxy groups -OCH3 is 1. The normalized spacial score (nSPS) is 14.6. The van der Waals surface area contributed by atoms with Gasteiger partial charge in [0.05, 0.1) is 11.1 Å². The summed E-state index contributed by atoms with van der Waals surface area (Å²) in [5.41, 5.74) is -0.853. The van der Waals surface area contributed by atoms with Crippen LogP contribution in [0.25, 0.3) is 0 Å². The molecule has 1 rings (SSSR count). The third-order valence-electron chi connectivity index (χ3n) is 3.40. The van der Waals surface area contributed by atoms with Gasteiger partial charge in [0, 0.05) is 39.0 Å². The molecule has 0 aliphatic heterocycles. The SMILES string of the molecule is CN=C(NCCc1nc(C(F)(F)F)cs1)NCC(OC)C(C)(C)C. The Morgan fingerprint density at radius 2 is 2.00 bits per heavy atom. The van der Waals surface area contributed by atoms with Crippen molar-refractivity contribution in [2.75, 3.05) is 27.2 Å². The second-order valence-electron chi connectivity index (χ2n) is 6.34. The zero-order valence-corrected chi connectivity index (χ0v) is 15.4. The smallest absolute Gasteiger partial charge is 0.379 e. The van der Waals surface area contributed by atoms with Gasteiger partial charge in [0.1, 0.15) is 0 Å². The zero-order valence-electron chi connectivity index (χ0n) is 14.6. The van der Waals surface area contributed by atoms with Gasteiger partial charge in [0.25, 0.3) is 0 Å². The van der Waals surface area contributed by atoms with E-state index in [1.165, 1.54) is 0 Å². The minimum Gasteiger partial charge on any atom is -0.379 e. The van der Waals surface area contributed by atoms with Crippen molar-refractivity contribution < 1.29 is 17.9 Å². The van der Waals surface area contributed by atoms with Crippen molar-refractivity contribution >= 4 is 17.3 Å². The van der Waals surface area contributed by atoms with E-state index in [1.54, 1.807) is 14.2 Å². The largest absolute Gasteiger partial charge is 0.434 e. The van der Waals surface area contributed by atoms with E-state index in [-0.39, 0.29) is 11.5 Å². The number of hydrogen-bond acceptors (Lipinski definition) is 4. The summed E-state index contributed by atoms with van der Waals surface area (Å²) in [6, 6.07) is 0. The van der Waals surface area contributed by atoms with E-state index >= 15 is 0 Å². The van der Waals surface area contributed by atoms with Crippen LogP contribution >= 0.6 is 11.3 Å². The maximum Gasteiger partial charge on any atom is 0.434 e. The van der Waals surface area contributed by atoms with E-state index in [0.29, 0.717) is 30.5 Å². The first-order valence-electron chi connectivity index (χ1n) is 7.57. The van der Waals surface area contributed by atoms with Crippen molar-refractivity contribution in [3.05, 3.63) is 16.1 Å². The molecular weight excluding hydrogens is 341 g/mol. The van der Waals surface area contributed by atoms with Crippen molar-refractivity contribution in [3.63, 3.8) is 0 Å². The molecule has 0 amide bonds. The Morgan fingerprint density at radius 1 is 1.33 bits per heavy atom. The second-order valence-corrected chi connectivity index (χ2v) is 7.29. The lowest BCUT2D eigenvalue weighted by molar-refractivity contribution is -0.140. The van der Waals surface area contributed by atoms with E-state index in [9.17, 15) is 13.2 Å². The van der Waals surface area contributed by atoms with Crippen LogP contribution in [0.5, 0.6) is 0 Å². The number of halogens is 3. The molecule has 138 valence electrons. The first-order valence-corrected chi connectivity index (χ1v) is 8.44. The number of aromatic nitrogens is 1. The molecule has 1 aromatic rings. The summed E-state index contributed by atoms with van der Waals surface area (Å²) in [5.74, 6) is 0.578. The van der Waals surface area contributed by atoms with Gasteiger partial charge >= 0.3 is 6.18 Å². The van der Waals surface area contributed by atoms with Crippen LogP contribution in [0.3, 0.4) is 0 Å². The maximum absolute atomic E-state index is 12.5. The van der Waals surface area contributed by atoms with Gasteiger partial charge in [-0.25, -0.2) is 4.98 Å². The van der Waals surface area contributed by atoms with Crippen molar-refractivity contribution in [1.29, 1.82) is 0 Å². The first kappa shape index (κ1) is 20.7. The molecule has 1 atom stereocenters. The standard InChI is InChI=1S/C15H25F3N4OS/c1-14(2,3)11(23-5)8-21-13(19-4)20-7-6-12-22-10(9-24-12)15(16,17)18/h9,11H,6-8H2,1-5H3,(H2,19,20,21). The van der Waals surface area contributed by atoms with Crippen LogP contribution in [0, 0.1) is 5.41 Å². The Kier molecular flexibility index (Phi) is 7.47. The van der Waals surface area contributed by atoms with E-state index in [4.69, 9.17) is 4.74 Å². The quantitative estimate of drug-likeness (QED) is 0.600. The van der Waals surface area contributed by atoms with E-state index in [2.05, 4.69) is 41.4 Å². The Bertz CT molecular complexity index is 538. The number of guanidine groups is 1. The van der Waals surface area contributed by atoms with Crippen LogP contribution in [0.1, 0.15) is 31.5 Å². The molecule has 9 heteroatoms. The van der Waals surface area contributed by atoms with Crippen molar-refractivity contribution in [2.45, 2.75) is 39.5 Å². The molecule has 2 N–H and O–H groups in total. The molecule has 0 saturated heterocycles. The van der Waals surface area contributed by atoms with Gasteiger partial charge in [-0.2, -0.15) is 13.2 Å². The minimum absolute atomic E-state index is 0.00403. The molecule has 0 fully saturated rings. The topological polar surface area (TPSA) is 58.5 Å². The number of aliphatic imine (C=N–C) groups is 1. The summed E-state index contributed by atoms with van der Waals surface area (Å²) in [5, 5.41) is 7.70. The summed E-state index contributed by atoms with van der Waals surface area (Å²) >= 11 is 1.01. The summed E-state index contributed by atoms with van der Waals surface area (Å²) < 4.78 is 43.0. The zero-order chi connectivity index (χ0) is 18.4. The second kappa shape index (κ2) is 8.66. The fourth-order valence-corrected chi connectivity index (χ4v) is 2.80. The lowest BCUT2D eigenvalue weighted by Gasteiger charge is -2.30. The fourth-order valence-electron chi connectivity index (χ4n) is 2.00. The number of alkyl halides is 3. The number of thiazole rings is 1. The van der Waals surface area contributed by atoms with E-state index in [1.807, 2.05) is 0 Å². The third-order valence-corrected chi connectivity index (χ3v) is 4.31. The summed E-state index contributed by atoms with van der Waals surface area (Å²) in [6.45, 7) is 7.27. The number of nitrogens with one attached hydrogen (secondary N) is 2. The Labute approximate surface area is 144 Å². The van der Waals surface area contributed by atoms with E-state index < -0.39 is 11.9 Å². The van der Waals surface area contributed by atoms with Gasteiger partial charge in [-0.1, -0.05) is 20.8 Å². The summed E-state index contributed by atoms with van der Waals surface area (Å²) in [6.07, 6.45) is -3.99. The minimum atomic E-state index is -4.39. The lowest BCUT2D eigenvalue weighted by atomic mass is 9.89. The average Bonchev–Trinajstić information content (AvgIpc) is 2.93. The monoisotopic (exact) mass is 366 g/mol. The highest BCUT2D eigenvalue weighted by Crippen LogP contribution is 2.30. The highest BCUT2D eigenvalue weighted by atomic mass is 32.1. The molecule has 0 radical (unpaired) electrons. The Balaban J connectivity index is 2.43. The van der Waals surface area contributed by atoms with Crippen molar-refractivity contribution in [2.24, 2.45) is 10.4 Å². The third kappa shape index (κ3) is 6.64. The molecule has 0 spiro atoms. The predicted octanol–water partition coefficient (Wildman–Crippen LogP) is 2.93. The molecule has 0 saturated carbocycles. The van der Waals surface area contributed by atoms with Crippen molar-refractivity contribution in [3.8, 4) is 0 Å². The maximum atomic E-state index is 12.5. The average molecular weight is 366 g/mol. The molecule has 24 heavy (non-hydrogen) atoms. The molecule has 0 aromatic carbocycles. The van der Waals surface area contributed by atoms with Crippen LogP contribution in [0.4, 0.5) is 13.2 Å². The fraction of sp³-hybridized carbons (Fsp3) is 0.733. The first-order chi connectivity index (χ1) is 11.1. The van der Waals surface area contributed by atoms with E-state index in [0.717, 1.165) is 16.7 Å². The lowest BCUT2D eigenvalue weighted by Crippen LogP contribution is -2.45. The van der Waals surface area contributed by atoms with Crippen LogP contribution in [-0.2, 0) is 17.3 Å². The Hall–Kier alpha value is -1.35. The van der Waals surface area contributed by atoms with Crippen LogP contribution in [0.2, 0.25) is 0 Å². The number of nitrogens with zero attached hydrogens (tertiary/aromatic N) is 2. The molecule has 1 aromatic heterocycles. The highest BCUT2D eigenvalue weighted by Gasteiger charge is 2.33. The summed E-state index contributed by atoms with van der Waals surface area (Å²) in [7, 11) is 3.30. The van der Waals surface area contributed by atoms with Gasteiger partial charge in [-0.3, -0.25) is 4.99 Å². The predicted molar refractivity (Wildman–Crippen MR) is 90.4 cm³/mol. The molecule has 0 bridgehead atoms. The summed E-state index contributed by atoms with van der Waals surface area (Å²) in [4.78, 5) is 7.69. The number of ether oxygens (including phenoxy) is 1. The number of rotatable bonds is 6. The molecule has 1 heterocycles. The van der Waals surface area contributed by atoms with Gasteiger partial charge in [0.15, 0.2) is 11.7 Å². The number of hydrogen-bond donors (Lipinski definition) is 2. The van der Waals surface area contributed by atoms with Gasteiger partial charge in [0.2, 0.25) is 0 Å². The van der Waals surface area contributed by atoms with Crippen LogP contribution in [0.15, 0.2) is 10.4 Å². The van der Waals surface area contributed by atoms with Gasteiger partial charge in [-0.15, -0.1) is 11.3 Å². The Morgan fingerprint density at radius 3 is 2.46 bits per heavy atom. The highest BCUT2D eigenvalue weighted by molar-refractivity contribution is 7.09. The molecule has 0 aliphatic rings. The van der Waals surface area contributed by atoms with Crippen LogP contribution in [-0.4, -0.2) is 44.3 Å². The van der Waals surface area contributed by atoms with Gasteiger partial charge < -0.3 is 15.4 Å². The van der Waals surface area contributed by atoms with Gasteiger partial charge in [-0.05, 0) is 5.41 Å². The molecular formula is C15H25F3N4OS.